The molecule has 1 aliphatic carbocycles. The highest BCUT2D eigenvalue weighted by molar-refractivity contribution is 6.01. The van der Waals surface area contributed by atoms with E-state index in [4.69, 9.17) is 4.74 Å². The van der Waals surface area contributed by atoms with E-state index in [1.165, 1.54) is 4.68 Å². The zero-order valence-corrected chi connectivity index (χ0v) is 14.7. The number of halogens is 1. The first-order valence-electron chi connectivity index (χ1n) is 8.51. The third kappa shape index (κ3) is 2.18. The highest BCUT2D eigenvalue weighted by atomic mass is 19.1. The predicted molar refractivity (Wildman–Crippen MR) is 94.5 cm³/mol. The molecule has 0 radical (unpaired) electrons. The fourth-order valence-corrected chi connectivity index (χ4v) is 3.91. The van der Waals surface area contributed by atoms with E-state index in [1.807, 2.05) is 20.2 Å². The van der Waals surface area contributed by atoms with E-state index in [-0.39, 0.29) is 11.2 Å². The first-order chi connectivity index (χ1) is 12.1. The number of methoxy groups -OCH3 is 1. The monoisotopic (exact) mass is 343 g/mol. The fourth-order valence-electron chi connectivity index (χ4n) is 3.91. The van der Waals surface area contributed by atoms with Crippen LogP contribution in [0.25, 0.3) is 5.69 Å². The molecule has 0 saturated heterocycles. The molecule has 1 spiro atoms. The number of hydrogen-bond donors (Lipinski definition) is 2. The van der Waals surface area contributed by atoms with Gasteiger partial charge >= 0.3 is 0 Å². The number of benzene rings is 1. The van der Waals surface area contributed by atoms with Crippen molar-refractivity contribution in [3.63, 3.8) is 0 Å². The minimum atomic E-state index is -0.384. The number of nitrogens with zero attached hydrogens (tertiary/aromatic N) is 3. The molecule has 2 heterocycles. The lowest BCUT2D eigenvalue weighted by atomic mass is 9.64. The molecule has 1 aromatic carbocycles. The summed E-state index contributed by atoms with van der Waals surface area (Å²) in [4.78, 5) is 4.57. The molecule has 132 valence electrons. The molecule has 7 heteroatoms. The molecule has 2 aliphatic rings. The summed E-state index contributed by atoms with van der Waals surface area (Å²) in [5.41, 5.74) is 2.42. The number of aromatic nitrogens is 2. The van der Waals surface area contributed by atoms with Gasteiger partial charge in [0, 0.05) is 25.4 Å². The van der Waals surface area contributed by atoms with Crippen LogP contribution in [-0.4, -0.2) is 36.8 Å². The minimum Gasteiger partial charge on any atom is -0.494 e. The molecule has 1 aliphatic heterocycles. The molecule has 2 N–H and O–H groups in total. The molecule has 0 atom stereocenters. The van der Waals surface area contributed by atoms with Crippen LogP contribution in [0.1, 0.15) is 30.4 Å². The van der Waals surface area contributed by atoms with Crippen LogP contribution < -0.4 is 15.4 Å². The van der Waals surface area contributed by atoms with Crippen molar-refractivity contribution in [2.75, 3.05) is 21.2 Å². The van der Waals surface area contributed by atoms with Crippen molar-refractivity contribution < 1.29 is 9.13 Å². The Balaban J connectivity index is 1.88. The van der Waals surface area contributed by atoms with E-state index in [9.17, 15) is 0 Å². The second-order valence-corrected chi connectivity index (χ2v) is 6.61. The van der Waals surface area contributed by atoms with Crippen LogP contribution in [0.4, 0.5) is 10.1 Å². The highest BCUT2D eigenvalue weighted by Crippen LogP contribution is 2.54. The van der Waals surface area contributed by atoms with Gasteiger partial charge in [0.15, 0.2) is 5.82 Å². The molecule has 4 rings (SSSR count). The van der Waals surface area contributed by atoms with E-state index in [0.717, 1.165) is 36.2 Å². The zero-order valence-electron chi connectivity index (χ0n) is 14.7. The SMILES string of the molecule is CNCc1cnn(-c2c(OC)cc3c(c2F)N=C(NC)C32CCC2)c1. The maximum atomic E-state index is 15.4. The van der Waals surface area contributed by atoms with Gasteiger partial charge in [0.05, 0.1) is 18.7 Å². The van der Waals surface area contributed by atoms with E-state index >= 15 is 4.39 Å². The van der Waals surface area contributed by atoms with Crippen molar-refractivity contribution in [1.82, 2.24) is 20.4 Å². The number of ether oxygens (including phenoxy) is 1. The van der Waals surface area contributed by atoms with Gasteiger partial charge in [-0.25, -0.2) is 14.1 Å². The second kappa shape index (κ2) is 5.84. The van der Waals surface area contributed by atoms with Crippen molar-refractivity contribution in [3.05, 3.63) is 35.4 Å². The van der Waals surface area contributed by atoms with Gasteiger partial charge < -0.3 is 15.4 Å². The summed E-state index contributed by atoms with van der Waals surface area (Å²) in [6.45, 7) is 0.667. The first kappa shape index (κ1) is 16.1. The van der Waals surface area contributed by atoms with Gasteiger partial charge in [-0.15, -0.1) is 0 Å². The molecule has 1 aromatic heterocycles. The van der Waals surface area contributed by atoms with Crippen LogP contribution in [0, 0.1) is 5.82 Å². The van der Waals surface area contributed by atoms with Crippen LogP contribution in [-0.2, 0) is 12.0 Å². The quantitative estimate of drug-likeness (QED) is 0.895. The van der Waals surface area contributed by atoms with Gasteiger partial charge in [-0.2, -0.15) is 5.10 Å². The molecule has 2 aromatic rings. The number of likely N-dealkylation sites (N-methyl/N-ethyl adjacent to an activating group) is 1. The average Bonchev–Trinajstić information content (AvgIpc) is 3.16. The molecule has 6 nitrogen and oxygen atoms in total. The van der Waals surface area contributed by atoms with Crippen LogP contribution in [0.5, 0.6) is 5.75 Å². The van der Waals surface area contributed by atoms with Crippen LogP contribution in [0.2, 0.25) is 0 Å². The Hall–Kier alpha value is -2.41. The largest absolute Gasteiger partial charge is 0.494 e. The number of fused-ring (bicyclic) bond motifs is 2. The molecule has 1 fully saturated rings. The third-order valence-corrected chi connectivity index (χ3v) is 5.28. The average molecular weight is 343 g/mol. The summed E-state index contributed by atoms with van der Waals surface area (Å²) < 4.78 is 22.5. The van der Waals surface area contributed by atoms with E-state index < -0.39 is 0 Å². The Bertz CT molecular complexity index is 853. The fraction of sp³-hybridized carbons (Fsp3) is 0.444. The summed E-state index contributed by atoms with van der Waals surface area (Å²) in [5.74, 6) is 0.947. The van der Waals surface area contributed by atoms with E-state index in [0.29, 0.717) is 23.7 Å². The molecule has 0 bridgehead atoms. The maximum absolute atomic E-state index is 15.4. The maximum Gasteiger partial charge on any atom is 0.178 e. The standard InChI is InChI=1S/C18H22FN5O/c1-20-8-11-9-22-24(10-11)16-13(25-3)7-12-15(14(16)19)23-17(21-2)18(12)5-4-6-18/h7,9-10,20H,4-6,8H2,1-3H3,(H,21,23). The molecule has 0 amide bonds. The van der Waals surface area contributed by atoms with E-state index in [2.05, 4.69) is 20.7 Å². The first-order valence-corrected chi connectivity index (χ1v) is 8.51. The zero-order chi connectivity index (χ0) is 17.6. The third-order valence-electron chi connectivity index (χ3n) is 5.28. The van der Waals surface area contributed by atoms with Gasteiger partial charge in [-0.1, -0.05) is 6.42 Å². The summed E-state index contributed by atoms with van der Waals surface area (Å²) in [7, 11) is 5.27. The lowest BCUT2D eigenvalue weighted by molar-refractivity contribution is 0.337. The number of rotatable bonds is 4. The normalized spacial score (nSPS) is 17.2. The summed E-state index contributed by atoms with van der Waals surface area (Å²) in [6.07, 6.45) is 6.61. The predicted octanol–water partition coefficient (Wildman–Crippen LogP) is 2.42. The number of hydrogen-bond acceptors (Lipinski definition) is 5. The van der Waals surface area contributed by atoms with E-state index in [1.54, 1.807) is 19.5 Å². The van der Waals surface area contributed by atoms with Crippen molar-refractivity contribution in [1.29, 1.82) is 0 Å². The minimum absolute atomic E-state index is 0.182. The van der Waals surface area contributed by atoms with Gasteiger partial charge in [-0.3, -0.25) is 0 Å². The lowest BCUT2D eigenvalue weighted by Crippen LogP contribution is -2.45. The molecule has 1 saturated carbocycles. The Morgan fingerprint density at radius 1 is 1.36 bits per heavy atom. The van der Waals surface area contributed by atoms with Crippen molar-refractivity contribution in [2.24, 2.45) is 4.99 Å². The Morgan fingerprint density at radius 2 is 2.16 bits per heavy atom. The van der Waals surface area contributed by atoms with Gasteiger partial charge in [0.25, 0.3) is 0 Å². The topological polar surface area (TPSA) is 63.5 Å². The van der Waals surface area contributed by atoms with Crippen LogP contribution in [0.15, 0.2) is 23.5 Å². The van der Waals surface area contributed by atoms with Gasteiger partial charge in [-0.05, 0) is 31.5 Å². The number of aliphatic imine (C=N–C) groups is 1. The summed E-state index contributed by atoms with van der Waals surface area (Å²) in [5, 5.41) is 10.5. The Labute approximate surface area is 146 Å². The smallest absolute Gasteiger partial charge is 0.178 e. The van der Waals surface area contributed by atoms with Crippen molar-refractivity contribution in [2.45, 2.75) is 31.2 Å². The summed E-state index contributed by atoms with van der Waals surface area (Å²) >= 11 is 0. The molecular formula is C18H22FN5O. The number of nitrogens with one attached hydrogen (secondary N) is 2. The highest BCUT2D eigenvalue weighted by Gasteiger charge is 2.49. The van der Waals surface area contributed by atoms with Crippen molar-refractivity contribution in [3.8, 4) is 11.4 Å². The second-order valence-electron chi connectivity index (χ2n) is 6.61. The van der Waals surface area contributed by atoms with Gasteiger partial charge in [0.2, 0.25) is 0 Å². The molecule has 0 unspecified atom stereocenters. The Kier molecular flexibility index (Phi) is 3.76. The molecule has 25 heavy (non-hydrogen) atoms. The summed E-state index contributed by atoms with van der Waals surface area (Å²) in [6, 6.07) is 1.93. The molecular weight excluding hydrogens is 321 g/mol. The van der Waals surface area contributed by atoms with Crippen LogP contribution >= 0.6 is 0 Å². The lowest BCUT2D eigenvalue weighted by Gasteiger charge is -2.40. The number of amidine groups is 1. The van der Waals surface area contributed by atoms with Crippen LogP contribution in [0.3, 0.4) is 0 Å². The van der Waals surface area contributed by atoms with Crippen molar-refractivity contribution >= 4 is 11.5 Å². The van der Waals surface area contributed by atoms with Gasteiger partial charge in [0.1, 0.15) is 23.0 Å². The Morgan fingerprint density at radius 3 is 2.76 bits per heavy atom.